The Hall–Kier alpha value is -1.81. The van der Waals surface area contributed by atoms with E-state index in [9.17, 15) is 4.39 Å². The lowest BCUT2D eigenvalue weighted by Gasteiger charge is -2.34. The number of aryl methyl sites for hydroxylation is 1. The van der Waals surface area contributed by atoms with E-state index < -0.39 is 0 Å². The number of rotatable bonds is 1. The van der Waals surface area contributed by atoms with E-state index >= 15 is 0 Å². The Balaban J connectivity index is 2.07. The van der Waals surface area contributed by atoms with E-state index in [4.69, 9.17) is 5.73 Å². The maximum absolute atomic E-state index is 13.6. The molecule has 2 N–H and O–H groups in total. The Morgan fingerprint density at radius 2 is 2.05 bits per heavy atom. The number of nitrogens with zero attached hydrogens (tertiary/aromatic N) is 2. The third-order valence-corrected chi connectivity index (χ3v) is 4.02. The second kappa shape index (κ2) is 4.88. The van der Waals surface area contributed by atoms with Crippen LogP contribution >= 0.6 is 0 Å². The average molecular weight is 285 g/mol. The third kappa shape index (κ3) is 2.81. The van der Waals surface area contributed by atoms with Crippen LogP contribution in [0, 0.1) is 18.2 Å². The van der Waals surface area contributed by atoms with Gasteiger partial charge in [-0.05, 0) is 48.9 Å². The summed E-state index contributed by atoms with van der Waals surface area (Å²) in [7, 11) is 0. The molecule has 21 heavy (non-hydrogen) atoms. The molecule has 0 amide bonds. The van der Waals surface area contributed by atoms with E-state index in [1.54, 1.807) is 6.20 Å². The van der Waals surface area contributed by atoms with Crippen LogP contribution in [-0.4, -0.2) is 9.97 Å². The van der Waals surface area contributed by atoms with E-state index in [1.165, 1.54) is 12.1 Å². The molecule has 0 radical (unpaired) electrons. The minimum atomic E-state index is -0.261. The second-order valence-corrected chi connectivity index (χ2v) is 6.76. The molecule has 2 aromatic rings. The molecule has 1 aliphatic carbocycles. The van der Waals surface area contributed by atoms with Gasteiger partial charge in [-0.25, -0.2) is 14.4 Å². The molecule has 1 aliphatic rings. The fourth-order valence-electron chi connectivity index (χ4n) is 3.11. The van der Waals surface area contributed by atoms with Gasteiger partial charge in [0.2, 0.25) is 0 Å². The van der Waals surface area contributed by atoms with Gasteiger partial charge in [0.1, 0.15) is 5.82 Å². The molecule has 1 heterocycles. The van der Waals surface area contributed by atoms with Gasteiger partial charge in [0.05, 0.1) is 0 Å². The lowest BCUT2D eigenvalue weighted by Crippen LogP contribution is -2.30. The first-order valence-electron chi connectivity index (χ1n) is 7.23. The zero-order valence-corrected chi connectivity index (χ0v) is 12.7. The Kier molecular flexibility index (Phi) is 3.29. The summed E-state index contributed by atoms with van der Waals surface area (Å²) in [6.07, 6.45) is 3.61. The molecule has 0 aliphatic heterocycles. The highest BCUT2D eigenvalue weighted by molar-refractivity contribution is 5.56. The van der Waals surface area contributed by atoms with Crippen LogP contribution in [0.2, 0.25) is 0 Å². The van der Waals surface area contributed by atoms with Crippen molar-refractivity contribution >= 4 is 0 Å². The van der Waals surface area contributed by atoms with Gasteiger partial charge < -0.3 is 5.73 Å². The van der Waals surface area contributed by atoms with Crippen molar-refractivity contribution in [3.05, 3.63) is 47.0 Å². The van der Waals surface area contributed by atoms with Crippen molar-refractivity contribution < 1.29 is 4.39 Å². The SMILES string of the molecule is Cc1cc(F)cc(-c2ncc3c(n2)CC(C)(C)CC3N)c1. The normalized spacial score (nSPS) is 20.1. The number of hydrogen-bond donors (Lipinski definition) is 1. The van der Waals surface area contributed by atoms with Crippen molar-refractivity contribution in [1.29, 1.82) is 0 Å². The minimum absolute atomic E-state index is 0.0213. The predicted octanol–water partition coefficient (Wildman–Crippen LogP) is 3.56. The molecule has 1 aromatic heterocycles. The van der Waals surface area contributed by atoms with E-state index in [0.717, 1.165) is 29.7 Å². The highest BCUT2D eigenvalue weighted by Gasteiger charge is 2.31. The topological polar surface area (TPSA) is 51.8 Å². The summed E-state index contributed by atoms with van der Waals surface area (Å²) in [6, 6.07) is 4.86. The molecule has 0 bridgehead atoms. The minimum Gasteiger partial charge on any atom is -0.324 e. The first kappa shape index (κ1) is 14.1. The quantitative estimate of drug-likeness (QED) is 0.871. The van der Waals surface area contributed by atoms with Crippen molar-refractivity contribution in [2.75, 3.05) is 0 Å². The molecule has 0 fully saturated rings. The summed E-state index contributed by atoms with van der Waals surface area (Å²) in [5.41, 5.74) is 9.94. The monoisotopic (exact) mass is 285 g/mol. The van der Waals surface area contributed by atoms with Crippen LogP contribution in [0.15, 0.2) is 24.4 Å². The van der Waals surface area contributed by atoms with Gasteiger partial charge in [-0.15, -0.1) is 0 Å². The highest BCUT2D eigenvalue weighted by atomic mass is 19.1. The van der Waals surface area contributed by atoms with Gasteiger partial charge in [0, 0.05) is 29.1 Å². The van der Waals surface area contributed by atoms with Crippen molar-refractivity contribution in [3.8, 4) is 11.4 Å². The van der Waals surface area contributed by atoms with Crippen LogP contribution in [0.5, 0.6) is 0 Å². The lowest BCUT2D eigenvalue weighted by atomic mass is 9.74. The summed E-state index contributed by atoms with van der Waals surface area (Å²) < 4.78 is 13.6. The first-order valence-corrected chi connectivity index (χ1v) is 7.23. The zero-order chi connectivity index (χ0) is 15.2. The molecule has 1 aromatic carbocycles. The molecule has 0 saturated carbocycles. The number of aromatic nitrogens is 2. The largest absolute Gasteiger partial charge is 0.324 e. The molecule has 0 saturated heterocycles. The number of nitrogens with two attached hydrogens (primary N) is 1. The van der Waals surface area contributed by atoms with Gasteiger partial charge in [-0.1, -0.05) is 13.8 Å². The Bertz CT molecular complexity index is 674. The maximum atomic E-state index is 13.6. The lowest BCUT2D eigenvalue weighted by molar-refractivity contribution is 0.278. The fraction of sp³-hybridized carbons (Fsp3) is 0.412. The molecular formula is C17H20FN3. The van der Waals surface area contributed by atoms with Crippen molar-refractivity contribution in [2.45, 2.75) is 39.7 Å². The highest BCUT2D eigenvalue weighted by Crippen LogP contribution is 2.38. The van der Waals surface area contributed by atoms with Gasteiger partial charge in [0.25, 0.3) is 0 Å². The summed E-state index contributed by atoms with van der Waals surface area (Å²) in [5, 5.41) is 0. The molecule has 3 rings (SSSR count). The predicted molar refractivity (Wildman–Crippen MR) is 81.2 cm³/mol. The standard InChI is InChI=1S/C17H20FN3/c1-10-4-11(6-12(18)5-10)16-20-9-13-14(19)7-17(2,3)8-15(13)21-16/h4-6,9,14H,7-8,19H2,1-3H3. The molecule has 0 spiro atoms. The summed E-state index contributed by atoms with van der Waals surface area (Å²) in [4.78, 5) is 9.04. The van der Waals surface area contributed by atoms with Crippen LogP contribution in [0.25, 0.3) is 11.4 Å². The number of benzene rings is 1. The number of fused-ring (bicyclic) bond motifs is 1. The Morgan fingerprint density at radius 1 is 1.29 bits per heavy atom. The molecule has 4 heteroatoms. The van der Waals surface area contributed by atoms with Crippen LogP contribution < -0.4 is 5.73 Å². The van der Waals surface area contributed by atoms with Crippen molar-refractivity contribution in [3.63, 3.8) is 0 Å². The van der Waals surface area contributed by atoms with Gasteiger partial charge >= 0.3 is 0 Å². The first-order chi connectivity index (χ1) is 9.84. The molecule has 1 unspecified atom stereocenters. The average Bonchev–Trinajstić information content (AvgIpc) is 2.35. The Labute approximate surface area is 124 Å². The molecule has 110 valence electrons. The fourth-order valence-corrected chi connectivity index (χ4v) is 3.11. The van der Waals surface area contributed by atoms with Crippen LogP contribution in [-0.2, 0) is 6.42 Å². The maximum Gasteiger partial charge on any atom is 0.159 e. The van der Waals surface area contributed by atoms with Crippen molar-refractivity contribution in [1.82, 2.24) is 9.97 Å². The van der Waals surface area contributed by atoms with Gasteiger partial charge in [-0.3, -0.25) is 0 Å². The van der Waals surface area contributed by atoms with E-state index in [-0.39, 0.29) is 17.3 Å². The summed E-state index contributed by atoms with van der Waals surface area (Å²) >= 11 is 0. The van der Waals surface area contributed by atoms with Crippen molar-refractivity contribution in [2.24, 2.45) is 11.1 Å². The van der Waals surface area contributed by atoms with Gasteiger partial charge in [-0.2, -0.15) is 0 Å². The zero-order valence-electron chi connectivity index (χ0n) is 12.7. The second-order valence-electron chi connectivity index (χ2n) is 6.76. The van der Waals surface area contributed by atoms with E-state index in [1.807, 2.05) is 13.0 Å². The van der Waals surface area contributed by atoms with E-state index in [0.29, 0.717) is 11.4 Å². The van der Waals surface area contributed by atoms with Gasteiger partial charge in [0.15, 0.2) is 5.82 Å². The number of halogens is 1. The van der Waals surface area contributed by atoms with E-state index in [2.05, 4.69) is 23.8 Å². The molecule has 1 atom stereocenters. The van der Waals surface area contributed by atoms with Crippen LogP contribution in [0.3, 0.4) is 0 Å². The van der Waals surface area contributed by atoms with Crippen LogP contribution in [0.4, 0.5) is 4.39 Å². The number of hydrogen-bond acceptors (Lipinski definition) is 3. The summed E-state index contributed by atoms with van der Waals surface area (Å²) in [5.74, 6) is 0.310. The third-order valence-electron chi connectivity index (χ3n) is 4.02. The van der Waals surface area contributed by atoms with Crippen LogP contribution in [0.1, 0.15) is 43.1 Å². The summed E-state index contributed by atoms with van der Waals surface area (Å²) in [6.45, 7) is 6.26. The molecule has 3 nitrogen and oxygen atoms in total. The smallest absolute Gasteiger partial charge is 0.159 e. The molecular weight excluding hydrogens is 265 g/mol. The Morgan fingerprint density at radius 3 is 2.76 bits per heavy atom.